The zero-order chi connectivity index (χ0) is 23.6. The standard InChI is InChI=1S/C24H24F4N2O2/c1-5-30(14-17-7-6-15(2)12-21(17)32-4)23(31)22-18(10-11-29(22)3)16-8-9-20(25)19(13-16)24(26,27)28/h6-13H,5,14H2,1-4H3. The highest BCUT2D eigenvalue weighted by atomic mass is 19.4. The average Bonchev–Trinajstić information content (AvgIpc) is 3.13. The van der Waals surface area contributed by atoms with Crippen molar-refractivity contribution < 1.29 is 27.1 Å². The molecule has 170 valence electrons. The van der Waals surface area contributed by atoms with Crippen molar-refractivity contribution in [3.63, 3.8) is 0 Å². The van der Waals surface area contributed by atoms with Gasteiger partial charge in [-0.05, 0) is 49.2 Å². The molecule has 0 spiro atoms. The van der Waals surface area contributed by atoms with Crippen LogP contribution in [0.4, 0.5) is 17.6 Å². The number of benzene rings is 2. The monoisotopic (exact) mass is 448 g/mol. The van der Waals surface area contributed by atoms with Gasteiger partial charge in [-0.2, -0.15) is 13.2 Å². The summed E-state index contributed by atoms with van der Waals surface area (Å²) in [4.78, 5) is 15.0. The van der Waals surface area contributed by atoms with Gasteiger partial charge in [0.25, 0.3) is 5.91 Å². The van der Waals surface area contributed by atoms with Gasteiger partial charge in [-0.1, -0.05) is 18.2 Å². The number of hydrogen-bond donors (Lipinski definition) is 0. The van der Waals surface area contributed by atoms with Crippen LogP contribution in [-0.2, 0) is 19.8 Å². The minimum atomic E-state index is -4.84. The van der Waals surface area contributed by atoms with Crippen LogP contribution in [0.1, 0.15) is 34.1 Å². The number of amides is 1. The predicted molar refractivity (Wildman–Crippen MR) is 114 cm³/mol. The Morgan fingerprint density at radius 3 is 2.47 bits per heavy atom. The molecule has 0 saturated carbocycles. The van der Waals surface area contributed by atoms with E-state index in [2.05, 4.69) is 0 Å². The highest BCUT2D eigenvalue weighted by molar-refractivity contribution is 5.99. The molecule has 3 rings (SSSR count). The van der Waals surface area contributed by atoms with Gasteiger partial charge in [-0.15, -0.1) is 0 Å². The maximum Gasteiger partial charge on any atom is 0.419 e. The van der Waals surface area contributed by atoms with E-state index in [-0.39, 0.29) is 23.7 Å². The second kappa shape index (κ2) is 9.06. The normalized spacial score (nSPS) is 11.5. The van der Waals surface area contributed by atoms with Gasteiger partial charge < -0.3 is 14.2 Å². The molecule has 1 aromatic heterocycles. The van der Waals surface area contributed by atoms with Crippen LogP contribution in [0.15, 0.2) is 48.7 Å². The third kappa shape index (κ3) is 4.64. The molecule has 1 amide bonds. The first-order valence-electron chi connectivity index (χ1n) is 10.0. The maximum atomic E-state index is 13.8. The highest BCUT2D eigenvalue weighted by Crippen LogP contribution is 2.35. The summed E-state index contributed by atoms with van der Waals surface area (Å²) in [6, 6.07) is 9.98. The number of rotatable bonds is 6. The molecule has 2 aromatic carbocycles. The lowest BCUT2D eigenvalue weighted by Crippen LogP contribution is -2.32. The fourth-order valence-corrected chi connectivity index (χ4v) is 3.60. The Morgan fingerprint density at radius 1 is 1.12 bits per heavy atom. The fraction of sp³-hybridized carbons (Fsp3) is 0.292. The predicted octanol–water partition coefficient (Wildman–Crippen LogP) is 5.83. The number of alkyl halides is 3. The summed E-state index contributed by atoms with van der Waals surface area (Å²) in [5.74, 6) is -1.06. The van der Waals surface area contributed by atoms with E-state index in [1.54, 1.807) is 35.9 Å². The number of hydrogen-bond acceptors (Lipinski definition) is 2. The van der Waals surface area contributed by atoms with Crippen LogP contribution in [0.25, 0.3) is 11.1 Å². The number of halogens is 4. The van der Waals surface area contributed by atoms with Crippen LogP contribution in [0.2, 0.25) is 0 Å². The van der Waals surface area contributed by atoms with Crippen LogP contribution >= 0.6 is 0 Å². The Kier molecular flexibility index (Phi) is 6.62. The van der Waals surface area contributed by atoms with Crippen LogP contribution in [-0.4, -0.2) is 29.0 Å². The van der Waals surface area contributed by atoms with E-state index in [0.29, 0.717) is 17.9 Å². The van der Waals surface area contributed by atoms with Gasteiger partial charge >= 0.3 is 6.18 Å². The van der Waals surface area contributed by atoms with Crippen LogP contribution in [0, 0.1) is 12.7 Å². The van der Waals surface area contributed by atoms with Crippen molar-refractivity contribution in [2.24, 2.45) is 7.05 Å². The second-order valence-corrected chi connectivity index (χ2v) is 7.52. The van der Waals surface area contributed by atoms with Crippen molar-refractivity contribution in [2.75, 3.05) is 13.7 Å². The first kappa shape index (κ1) is 23.4. The second-order valence-electron chi connectivity index (χ2n) is 7.52. The van der Waals surface area contributed by atoms with Gasteiger partial charge in [0.15, 0.2) is 0 Å². The zero-order valence-electron chi connectivity index (χ0n) is 18.3. The molecular weight excluding hydrogens is 424 g/mol. The molecule has 8 heteroatoms. The van der Waals surface area contributed by atoms with E-state index in [1.807, 2.05) is 32.0 Å². The largest absolute Gasteiger partial charge is 0.496 e. The Morgan fingerprint density at radius 2 is 1.84 bits per heavy atom. The van der Waals surface area contributed by atoms with Crippen molar-refractivity contribution in [2.45, 2.75) is 26.6 Å². The quantitative estimate of drug-likeness (QED) is 0.445. The van der Waals surface area contributed by atoms with Gasteiger partial charge in [-0.3, -0.25) is 4.79 Å². The molecule has 0 aliphatic rings. The van der Waals surface area contributed by atoms with Gasteiger partial charge in [0.1, 0.15) is 17.3 Å². The SMILES string of the molecule is CCN(Cc1ccc(C)cc1OC)C(=O)c1c(-c2ccc(F)c(C(F)(F)F)c2)ccn1C. The molecule has 0 radical (unpaired) electrons. The van der Waals surface area contributed by atoms with E-state index in [4.69, 9.17) is 4.74 Å². The summed E-state index contributed by atoms with van der Waals surface area (Å²) < 4.78 is 60.4. The molecule has 0 unspecified atom stereocenters. The zero-order valence-corrected chi connectivity index (χ0v) is 18.3. The molecule has 0 atom stereocenters. The number of ether oxygens (including phenoxy) is 1. The Bertz CT molecular complexity index is 1140. The van der Waals surface area contributed by atoms with Crippen LogP contribution in [0.5, 0.6) is 5.75 Å². The summed E-state index contributed by atoms with van der Waals surface area (Å²) in [5.41, 5.74) is 1.10. The summed E-state index contributed by atoms with van der Waals surface area (Å²) >= 11 is 0. The average molecular weight is 448 g/mol. The molecule has 3 aromatic rings. The minimum absolute atomic E-state index is 0.117. The van der Waals surface area contributed by atoms with Crippen LogP contribution in [0.3, 0.4) is 0 Å². The molecule has 0 fully saturated rings. The first-order valence-corrected chi connectivity index (χ1v) is 10.0. The van der Waals surface area contributed by atoms with Crippen molar-refractivity contribution in [1.82, 2.24) is 9.47 Å². The van der Waals surface area contributed by atoms with Gasteiger partial charge in [0, 0.05) is 37.5 Å². The molecule has 0 bridgehead atoms. The van der Waals surface area contributed by atoms with Crippen LogP contribution < -0.4 is 4.74 Å². The molecular formula is C24H24F4N2O2. The van der Waals surface area contributed by atoms with Crippen molar-refractivity contribution in [3.05, 3.63) is 76.9 Å². The number of methoxy groups -OCH3 is 1. The third-order valence-corrected chi connectivity index (χ3v) is 5.33. The summed E-state index contributed by atoms with van der Waals surface area (Å²) in [6.07, 6.45) is -3.24. The molecule has 0 aliphatic heterocycles. The van der Waals surface area contributed by atoms with Gasteiger partial charge in [0.2, 0.25) is 0 Å². The number of carbonyl (C=O) groups is 1. The summed E-state index contributed by atoms with van der Waals surface area (Å²) in [6.45, 7) is 4.39. The van der Waals surface area contributed by atoms with Crippen molar-refractivity contribution in [1.29, 1.82) is 0 Å². The molecule has 0 N–H and O–H groups in total. The lowest BCUT2D eigenvalue weighted by Gasteiger charge is -2.23. The minimum Gasteiger partial charge on any atom is -0.496 e. The molecule has 0 aliphatic carbocycles. The highest BCUT2D eigenvalue weighted by Gasteiger charge is 2.35. The summed E-state index contributed by atoms with van der Waals surface area (Å²) in [7, 11) is 3.20. The topological polar surface area (TPSA) is 34.5 Å². The molecule has 0 saturated heterocycles. The van der Waals surface area contributed by atoms with Crippen molar-refractivity contribution >= 4 is 5.91 Å². The number of aryl methyl sites for hydroxylation is 2. The Hall–Kier alpha value is -3.29. The van der Waals surface area contributed by atoms with E-state index in [9.17, 15) is 22.4 Å². The van der Waals surface area contributed by atoms with E-state index >= 15 is 0 Å². The fourth-order valence-electron chi connectivity index (χ4n) is 3.60. The van der Waals surface area contributed by atoms with E-state index in [0.717, 1.165) is 23.3 Å². The van der Waals surface area contributed by atoms with Gasteiger partial charge in [0.05, 0.1) is 12.7 Å². The van der Waals surface area contributed by atoms with Crippen molar-refractivity contribution in [3.8, 4) is 16.9 Å². The molecule has 32 heavy (non-hydrogen) atoms. The lowest BCUT2D eigenvalue weighted by atomic mass is 10.0. The Labute approximate surface area is 184 Å². The van der Waals surface area contributed by atoms with Gasteiger partial charge in [-0.25, -0.2) is 4.39 Å². The molecule has 4 nitrogen and oxygen atoms in total. The number of aromatic nitrogens is 1. The number of carbonyl (C=O) groups excluding carboxylic acids is 1. The summed E-state index contributed by atoms with van der Waals surface area (Å²) in [5, 5.41) is 0. The lowest BCUT2D eigenvalue weighted by molar-refractivity contribution is -0.139. The number of nitrogens with zero attached hydrogens (tertiary/aromatic N) is 2. The smallest absolute Gasteiger partial charge is 0.419 e. The first-order chi connectivity index (χ1) is 15.1. The molecule has 1 heterocycles. The Balaban J connectivity index is 2.01. The van der Waals surface area contributed by atoms with E-state index in [1.165, 1.54) is 6.07 Å². The third-order valence-electron chi connectivity index (χ3n) is 5.33. The maximum absolute atomic E-state index is 13.8. The van der Waals surface area contributed by atoms with E-state index < -0.39 is 17.6 Å².